The van der Waals surface area contributed by atoms with Crippen molar-refractivity contribution in [2.24, 2.45) is 5.92 Å². The van der Waals surface area contributed by atoms with Gasteiger partial charge in [0.2, 0.25) is 0 Å². The summed E-state index contributed by atoms with van der Waals surface area (Å²) in [5, 5.41) is 9.21. The first kappa shape index (κ1) is 15.9. The highest BCUT2D eigenvalue weighted by atomic mass is 16.5. The van der Waals surface area contributed by atoms with E-state index in [2.05, 4.69) is 0 Å². The average molecular weight is 300 g/mol. The molecule has 0 fully saturated rings. The molecule has 116 valence electrons. The number of benzene rings is 2. The fourth-order valence-electron chi connectivity index (χ4n) is 1.89. The topological polar surface area (TPSA) is 55.8 Å². The van der Waals surface area contributed by atoms with Crippen LogP contribution in [0.3, 0.4) is 0 Å². The van der Waals surface area contributed by atoms with Crippen molar-refractivity contribution in [2.45, 2.75) is 20.5 Å². The molecular formula is C18H20O4. The third-order valence-electron chi connectivity index (χ3n) is 3.00. The average Bonchev–Trinajstić information content (AvgIpc) is 2.51. The van der Waals surface area contributed by atoms with Crippen LogP contribution in [0.5, 0.6) is 11.5 Å². The first-order chi connectivity index (χ1) is 10.6. The summed E-state index contributed by atoms with van der Waals surface area (Å²) in [6.07, 6.45) is 0. The molecule has 0 saturated heterocycles. The van der Waals surface area contributed by atoms with Crippen LogP contribution in [0.15, 0.2) is 48.5 Å². The summed E-state index contributed by atoms with van der Waals surface area (Å²) in [6.45, 7) is 4.91. The molecule has 0 spiro atoms. The number of hydrogen-bond donors (Lipinski definition) is 1. The molecule has 0 atom stereocenters. The van der Waals surface area contributed by atoms with Crippen LogP contribution in [0.1, 0.15) is 29.8 Å². The standard InChI is InChI=1S/C18H20O4/c1-13(2)11-22-17-10-15(8-9-16(17)18(19)20)21-12-14-6-4-3-5-7-14/h3-10,13H,11-12H2,1-2H3,(H,19,20). The number of hydrogen-bond acceptors (Lipinski definition) is 3. The van der Waals surface area contributed by atoms with Crippen LogP contribution >= 0.6 is 0 Å². The molecule has 0 aliphatic heterocycles. The summed E-state index contributed by atoms with van der Waals surface area (Å²) < 4.78 is 11.3. The Morgan fingerprint density at radius 2 is 1.82 bits per heavy atom. The van der Waals surface area contributed by atoms with Gasteiger partial charge in [-0.2, -0.15) is 0 Å². The predicted octanol–water partition coefficient (Wildman–Crippen LogP) is 4.00. The normalized spacial score (nSPS) is 10.5. The Morgan fingerprint density at radius 1 is 1.09 bits per heavy atom. The van der Waals surface area contributed by atoms with E-state index in [4.69, 9.17) is 9.47 Å². The monoisotopic (exact) mass is 300 g/mol. The summed E-state index contributed by atoms with van der Waals surface area (Å²) in [5.41, 5.74) is 1.20. The van der Waals surface area contributed by atoms with Crippen molar-refractivity contribution in [2.75, 3.05) is 6.61 Å². The summed E-state index contributed by atoms with van der Waals surface area (Å²) in [4.78, 5) is 11.2. The molecule has 0 bridgehead atoms. The minimum absolute atomic E-state index is 0.146. The summed E-state index contributed by atoms with van der Waals surface area (Å²) in [5.74, 6) is 0.239. The van der Waals surface area contributed by atoms with E-state index in [1.165, 1.54) is 6.07 Å². The predicted molar refractivity (Wildman–Crippen MR) is 84.5 cm³/mol. The molecule has 0 amide bonds. The summed E-state index contributed by atoms with van der Waals surface area (Å²) in [6, 6.07) is 14.6. The zero-order valence-corrected chi connectivity index (χ0v) is 12.8. The van der Waals surface area contributed by atoms with Crippen molar-refractivity contribution < 1.29 is 19.4 Å². The number of rotatable bonds is 7. The lowest BCUT2D eigenvalue weighted by molar-refractivity contribution is 0.0691. The Bertz CT molecular complexity index is 620. The second-order valence-corrected chi connectivity index (χ2v) is 5.44. The summed E-state index contributed by atoms with van der Waals surface area (Å²) in [7, 11) is 0. The molecular weight excluding hydrogens is 280 g/mol. The van der Waals surface area contributed by atoms with E-state index >= 15 is 0 Å². The lowest BCUT2D eigenvalue weighted by Crippen LogP contribution is -2.09. The van der Waals surface area contributed by atoms with Crippen molar-refractivity contribution >= 4 is 5.97 Å². The maximum atomic E-state index is 11.2. The van der Waals surface area contributed by atoms with E-state index in [9.17, 15) is 9.90 Å². The molecule has 0 aliphatic carbocycles. The molecule has 0 heterocycles. The van der Waals surface area contributed by atoms with Crippen molar-refractivity contribution in [3.8, 4) is 11.5 Å². The molecule has 1 N–H and O–H groups in total. The number of ether oxygens (including phenoxy) is 2. The van der Waals surface area contributed by atoms with E-state index in [1.54, 1.807) is 12.1 Å². The molecule has 2 aromatic carbocycles. The first-order valence-electron chi connectivity index (χ1n) is 7.23. The van der Waals surface area contributed by atoms with Crippen molar-refractivity contribution in [3.05, 3.63) is 59.7 Å². The fourth-order valence-corrected chi connectivity index (χ4v) is 1.89. The molecule has 22 heavy (non-hydrogen) atoms. The molecule has 0 saturated carbocycles. The van der Waals surface area contributed by atoms with Crippen LogP contribution < -0.4 is 9.47 Å². The lowest BCUT2D eigenvalue weighted by Gasteiger charge is -2.13. The van der Waals surface area contributed by atoms with Crippen LogP contribution in [0, 0.1) is 5.92 Å². The molecule has 0 aliphatic rings. The highest BCUT2D eigenvalue weighted by molar-refractivity contribution is 5.91. The van der Waals surface area contributed by atoms with Gasteiger partial charge in [-0.15, -0.1) is 0 Å². The van der Waals surface area contributed by atoms with Gasteiger partial charge in [-0.25, -0.2) is 4.79 Å². The molecule has 0 radical (unpaired) electrons. The van der Waals surface area contributed by atoms with Gasteiger partial charge in [0.05, 0.1) is 6.61 Å². The minimum atomic E-state index is -1.01. The second-order valence-electron chi connectivity index (χ2n) is 5.44. The van der Waals surface area contributed by atoms with Gasteiger partial charge in [-0.1, -0.05) is 44.2 Å². The SMILES string of the molecule is CC(C)COc1cc(OCc2ccccc2)ccc1C(=O)O. The zero-order valence-electron chi connectivity index (χ0n) is 12.8. The van der Waals surface area contributed by atoms with Crippen LogP contribution in [0.2, 0.25) is 0 Å². The number of carbonyl (C=O) groups is 1. The fraction of sp³-hybridized carbons (Fsp3) is 0.278. The summed E-state index contributed by atoms with van der Waals surface area (Å²) >= 11 is 0. The van der Waals surface area contributed by atoms with E-state index in [-0.39, 0.29) is 5.56 Å². The van der Waals surface area contributed by atoms with Crippen molar-refractivity contribution in [1.29, 1.82) is 0 Å². The minimum Gasteiger partial charge on any atom is -0.492 e. The number of carboxylic acid groups (broad SMARTS) is 1. The van der Waals surface area contributed by atoms with Gasteiger partial charge in [0.25, 0.3) is 0 Å². The quantitative estimate of drug-likeness (QED) is 0.839. The second kappa shape index (κ2) is 7.50. The van der Waals surface area contributed by atoms with Gasteiger partial charge in [-0.3, -0.25) is 0 Å². The zero-order chi connectivity index (χ0) is 15.9. The maximum absolute atomic E-state index is 11.2. The van der Waals surface area contributed by atoms with E-state index in [1.807, 2.05) is 44.2 Å². The third-order valence-corrected chi connectivity index (χ3v) is 3.00. The third kappa shape index (κ3) is 4.52. The van der Waals surface area contributed by atoms with Gasteiger partial charge < -0.3 is 14.6 Å². The molecule has 0 unspecified atom stereocenters. The Hall–Kier alpha value is -2.49. The van der Waals surface area contributed by atoms with Crippen LogP contribution in [-0.4, -0.2) is 17.7 Å². The maximum Gasteiger partial charge on any atom is 0.339 e. The highest BCUT2D eigenvalue weighted by Crippen LogP contribution is 2.26. The Labute approximate surface area is 130 Å². The van der Waals surface area contributed by atoms with Gasteiger partial charge in [0.1, 0.15) is 23.7 Å². The lowest BCUT2D eigenvalue weighted by atomic mass is 10.2. The van der Waals surface area contributed by atoms with Gasteiger partial charge in [0, 0.05) is 6.07 Å². The van der Waals surface area contributed by atoms with Gasteiger partial charge in [-0.05, 0) is 23.6 Å². The number of carboxylic acids is 1. The number of aromatic carboxylic acids is 1. The molecule has 4 heteroatoms. The Balaban J connectivity index is 2.11. The molecule has 0 aromatic heterocycles. The Morgan fingerprint density at radius 3 is 2.45 bits per heavy atom. The van der Waals surface area contributed by atoms with Crippen molar-refractivity contribution in [3.63, 3.8) is 0 Å². The van der Waals surface area contributed by atoms with Crippen molar-refractivity contribution in [1.82, 2.24) is 0 Å². The van der Waals surface area contributed by atoms with E-state index in [0.29, 0.717) is 30.6 Å². The van der Waals surface area contributed by atoms with Gasteiger partial charge >= 0.3 is 5.97 Å². The van der Waals surface area contributed by atoms with E-state index < -0.39 is 5.97 Å². The molecule has 2 aromatic rings. The highest BCUT2D eigenvalue weighted by Gasteiger charge is 2.13. The van der Waals surface area contributed by atoms with Crippen LogP contribution in [-0.2, 0) is 6.61 Å². The molecule has 2 rings (SSSR count). The smallest absolute Gasteiger partial charge is 0.339 e. The Kier molecular flexibility index (Phi) is 5.42. The van der Waals surface area contributed by atoms with E-state index in [0.717, 1.165) is 5.56 Å². The van der Waals surface area contributed by atoms with Crippen LogP contribution in [0.25, 0.3) is 0 Å². The van der Waals surface area contributed by atoms with Crippen LogP contribution in [0.4, 0.5) is 0 Å². The molecule has 4 nitrogen and oxygen atoms in total. The van der Waals surface area contributed by atoms with Gasteiger partial charge in [0.15, 0.2) is 0 Å². The largest absolute Gasteiger partial charge is 0.492 e. The first-order valence-corrected chi connectivity index (χ1v) is 7.23.